The Kier molecular flexibility index (Phi) is 7.11. The van der Waals surface area contributed by atoms with E-state index in [1.807, 2.05) is 0 Å². The van der Waals surface area contributed by atoms with Crippen LogP contribution in [0.1, 0.15) is 23.0 Å². The van der Waals surface area contributed by atoms with E-state index in [0.717, 1.165) is 16.7 Å². The van der Waals surface area contributed by atoms with Gasteiger partial charge < -0.3 is 14.8 Å². The number of methoxy groups -OCH3 is 2. The minimum absolute atomic E-state index is 0.0178. The van der Waals surface area contributed by atoms with E-state index in [0.29, 0.717) is 6.54 Å². The Bertz CT molecular complexity index is 1180. The van der Waals surface area contributed by atoms with Crippen LogP contribution in [0, 0.1) is 0 Å². The van der Waals surface area contributed by atoms with Crippen molar-refractivity contribution in [2.75, 3.05) is 26.1 Å². The number of anilines is 1. The molecule has 3 aromatic rings. The van der Waals surface area contributed by atoms with Gasteiger partial charge in [-0.15, -0.1) is 11.3 Å². The normalized spacial score (nSPS) is 11.1. The Morgan fingerprint density at radius 3 is 2.45 bits per heavy atom. The fourth-order valence-electron chi connectivity index (χ4n) is 2.80. The highest BCUT2D eigenvalue weighted by Crippen LogP contribution is 2.40. The molecule has 0 aliphatic heterocycles. The van der Waals surface area contributed by atoms with E-state index >= 15 is 0 Å². The molecule has 174 valence electrons. The molecule has 0 saturated heterocycles. The molecule has 0 fully saturated rings. The van der Waals surface area contributed by atoms with Crippen molar-refractivity contribution in [1.82, 2.24) is 20.3 Å². The monoisotopic (exact) mass is 481 g/mol. The summed E-state index contributed by atoms with van der Waals surface area (Å²) in [6.45, 7) is 2.09. The summed E-state index contributed by atoms with van der Waals surface area (Å²) in [6.07, 6.45) is -2.06. The Balaban J connectivity index is 2.20. The predicted octanol–water partition coefficient (Wildman–Crippen LogP) is 4.22. The van der Waals surface area contributed by atoms with Crippen molar-refractivity contribution in [3.05, 3.63) is 41.2 Å². The van der Waals surface area contributed by atoms with Crippen LogP contribution < -0.4 is 15.4 Å². The summed E-state index contributed by atoms with van der Waals surface area (Å²) < 4.78 is 49.5. The van der Waals surface area contributed by atoms with Gasteiger partial charge in [0.2, 0.25) is 5.88 Å². The first-order valence-corrected chi connectivity index (χ1v) is 10.3. The summed E-state index contributed by atoms with van der Waals surface area (Å²) in [5.41, 5.74) is -0.180. The maximum Gasteiger partial charge on any atom is 0.434 e. The van der Waals surface area contributed by atoms with E-state index in [1.54, 1.807) is 6.92 Å². The Hall–Kier alpha value is -3.74. The van der Waals surface area contributed by atoms with Crippen molar-refractivity contribution < 1.29 is 32.2 Å². The molecule has 0 atom stereocenters. The number of thiazole rings is 1. The molecule has 0 aliphatic carbocycles. The van der Waals surface area contributed by atoms with Crippen LogP contribution >= 0.6 is 11.3 Å². The number of carbonyl (C=O) groups excluding carboxylic acids is 2. The molecule has 3 aromatic heterocycles. The van der Waals surface area contributed by atoms with Crippen molar-refractivity contribution in [2.24, 2.45) is 0 Å². The lowest BCUT2D eigenvalue weighted by Gasteiger charge is -2.14. The predicted molar refractivity (Wildman–Crippen MR) is 114 cm³/mol. The van der Waals surface area contributed by atoms with Crippen molar-refractivity contribution in [1.29, 1.82) is 0 Å². The molecule has 0 aliphatic rings. The Labute approximate surface area is 190 Å². The minimum atomic E-state index is -4.63. The summed E-state index contributed by atoms with van der Waals surface area (Å²) >= 11 is 0.765. The van der Waals surface area contributed by atoms with Crippen LogP contribution in [0.2, 0.25) is 0 Å². The molecule has 0 radical (unpaired) electrons. The number of nitrogens with zero attached hydrogens (tertiary/aromatic N) is 3. The number of ether oxygens (including phenoxy) is 2. The molecule has 0 bridgehead atoms. The van der Waals surface area contributed by atoms with E-state index in [4.69, 9.17) is 9.47 Å². The first-order valence-electron chi connectivity index (χ1n) is 9.38. The largest absolute Gasteiger partial charge is 0.481 e. The molecule has 33 heavy (non-hydrogen) atoms. The molecular formula is C20H18F3N5O4S. The van der Waals surface area contributed by atoms with E-state index in [-0.39, 0.29) is 39.0 Å². The molecule has 0 aromatic carbocycles. The SMILES string of the molecule is CCNC(=O)Nc1cc(-c2nc(C(F)(F)F)cs2)c(-c2cc(C(=O)OC)cnc2OC)cn1. The summed E-state index contributed by atoms with van der Waals surface area (Å²) in [6, 6.07) is 2.27. The van der Waals surface area contributed by atoms with Gasteiger partial charge >= 0.3 is 18.2 Å². The highest BCUT2D eigenvalue weighted by atomic mass is 32.1. The van der Waals surface area contributed by atoms with Crippen LogP contribution in [0.3, 0.4) is 0 Å². The number of amides is 2. The maximum atomic E-state index is 13.2. The first kappa shape index (κ1) is 23.9. The molecule has 3 rings (SSSR count). The maximum absolute atomic E-state index is 13.2. The zero-order chi connectivity index (χ0) is 24.2. The number of esters is 1. The highest BCUT2D eigenvalue weighted by Gasteiger charge is 2.34. The van der Waals surface area contributed by atoms with Gasteiger partial charge in [-0.1, -0.05) is 0 Å². The molecule has 3 heterocycles. The van der Waals surface area contributed by atoms with Gasteiger partial charge in [0.1, 0.15) is 10.8 Å². The minimum Gasteiger partial charge on any atom is -0.481 e. The zero-order valence-electron chi connectivity index (χ0n) is 17.6. The quantitative estimate of drug-likeness (QED) is 0.507. The number of hydrogen-bond acceptors (Lipinski definition) is 8. The van der Waals surface area contributed by atoms with Gasteiger partial charge in [-0.25, -0.2) is 24.5 Å². The third-order valence-corrected chi connectivity index (χ3v) is 5.14. The van der Waals surface area contributed by atoms with E-state index < -0.39 is 23.9 Å². The summed E-state index contributed by atoms with van der Waals surface area (Å²) in [5, 5.41) is 5.95. The van der Waals surface area contributed by atoms with Gasteiger partial charge in [-0.2, -0.15) is 13.2 Å². The number of urea groups is 1. The summed E-state index contributed by atoms with van der Waals surface area (Å²) in [5.74, 6) is -0.480. The van der Waals surface area contributed by atoms with Gasteiger partial charge in [0.15, 0.2) is 5.69 Å². The summed E-state index contributed by atoms with van der Waals surface area (Å²) in [4.78, 5) is 35.9. The fraction of sp³-hybridized carbons (Fsp3) is 0.250. The van der Waals surface area contributed by atoms with Gasteiger partial charge in [0, 0.05) is 41.0 Å². The average molecular weight is 481 g/mol. The lowest BCUT2D eigenvalue weighted by atomic mass is 10.0. The summed E-state index contributed by atoms with van der Waals surface area (Å²) in [7, 11) is 2.56. The first-order chi connectivity index (χ1) is 15.7. The molecular weight excluding hydrogens is 463 g/mol. The van der Waals surface area contributed by atoms with Gasteiger partial charge in [0.05, 0.1) is 19.8 Å². The molecule has 2 amide bonds. The lowest BCUT2D eigenvalue weighted by molar-refractivity contribution is -0.140. The third kappa shape index (κ3) is 5.37. The van der Waals surface area contributed by atoms with Crippen molar-refractivity contribution in [3.63, 3.8) is 0 Å². The molecule has 0 spiro atoms. The number of alkyl halides is 3. The molecule has 2 N–H and O–H groups in total. The van der Waals surface area contributed by atoms with Gasteiger partial charge in [-0.3, -0.25) is 5.32 Å². The van der Waals surface area contributed by atoms with Crippen molar-refractivity contribution in [2.45, 2.75) is 13.1 Å². The number of carbonyl (C=O) groups is 2. The second-order valence-corrected chi connectivity index (χ2v) is 7.27. The zero-order valence-corrected chi connectivity index (χ0v) is 18.4. The van der Waals surface area contributed by atoms with Crippen LogP contribution in [-0.2, 0) is 10.9 Å². The Morgan fingerprint density at radius 2 is 1.85 bits per heavy atom. The molecule has 0 unspecified atom stereocenters. The Morgan fingerprint density at radius 1 is 1.09 bits per heavy atom. The van der Waals surface area contributed by atoms with E-state index in [2.05, 4.69) is 25.6 Å². The van der Waals surface area contributed by atoms with Crippen LogP contribution in [0.15, 0.2) is 29.9 Å². The van der Waals surface area contributed by atoms with E-state index in [1.165, 1.54) is 38.7 Å². The fourth-order valence-corrected chi connectivity index (χ4v) is 3.66. The number of hydrogen-bond donors (Lipinski definition) is 2. The lowest BCUT2D eigenvalue weighted by Crippen LogP contribution is -2.28. The van der Waals surface area contributed by atoms with Crippen molar-refractivity contribution in [3.8, 4) is 27.6 Å². The van der Waals surface area contributed by atoms with Crippen LogP contribution in [-0.4, -0.2) is 47.7 Å². The van der Waals surface area contributed by atoms with Crippen LogP contribution in [0.4, 0.5) is 23.8 Å². The smallest absolute Gasteiger partial charge is 0.434 e. The second-order valence-electron chi connectivity index (χ2n) is 6.41. The molecule has 0 saturated carbocycles. The number of pyridine rings is 2. The molecule has 13 heteroatoms. The standard InChI is InChI=1S/C20H18F3N5O4S/c1-4-24-19(30)28-15-6-12(17-27-14(9-33-17)20(21,22)23)13(8-25-15)11-5-10(18(29)32-3)7-26-16(11)31-2/h5-9H,4H2,1-3H3,(H2,24,25,28,30). The van der Waals surface area contributed by atoms with Gasteiger partial charge in [-0.05, 0) is 19.1 Å². The van der Waals surface area contributed by atoms with Crippen LogP contribution in [0.5, 0.6) is 5.88 Å². The topological polar surface area (TPSA) is 115 Å². The van der Waals surface area contributed by atoms with Crippen molar-refractivity contribution >= 4 is 29.2 Å². The van der Waals surface area contributed by atoms with E-state index in [9.17, 15) is 22.8 Å². The van der Waals surface area contributed by atoms with Gasteiger partial charge in [0.25, 0.3) is 0 Å². The number of aromatic nitrogens is 3. The molecule has 9 nitrogen and oxygen atoms in total. The number of halogens is 3. The number of nitrogens with one attached hydrogen (secondary N) is 2. The van der Waals surface area contributed by atoms with Crippen LogP contribution in [0.25, 0.3) is 21.7 Å². The second kappa shape index (κ2) is 9.81. The average Bonchev–Trinajstić information content (AvgIpc) is 3.29. The highest BCUT2D eigenvalue weighted by molar-refractivity contribution is 7.13. The number of rotatable bonds is 6. The third-order valence-electron chi connectivity index (χ3n) is 4.26.